The first-order chi connectivity index (χ1) is 11.7. The van der Waals surface area contributed by atoms with Crippen LogP contribution >= 0.6 is 11.6 Å². The van der Waals surface area contributed by atoms with Crippen molar-refractivity contribution in [2.24, 2.45) is 5.92 Å². The van der Waals surface area contributed by atoms with Crippen molar-refractivity contribution in [1.29, 1.82) is 0 Å². The second-order valence-corrected chi connectivity index (χ2v) is 6.36. The topological polar surface area (TPSA) is 95.9 Å². The molecule has 138 valence electrons. The highest BCUT2D eigenvalue weighted by molar-refractivity contribution is 6.34. The zero-order valence-corrected chi connectivity index (χ0v) is 15.3. The molecule has 0 aromatic heterocycles. The number of benzene rings is 1. The van der Waals surface area contributed by atoms with Crippen molar-refractivity contribution in [2.75, 3.05) is 32.1 Å². The summed E-state index contributed by atoms with van der Waals surface area (Å²) in [6.07, 6.45) is 0.352. The molecule has 1 aromatic carbocycles. The lowest BCUT2D eigenvalue weighted by molar-refractivity contribution is -0.137. The van der Waals surface area contributed by atoms with Crippen LogP contribution in [-0.2, 0) is 14.3 Å². The third-order valence-electron chi connectivity index (χ3n) is 3.25. The molecule has 0 bridgehead atoms. The molecule has 0 aliphatic carbocycles. The molecule has 0 fully saturated rings. The number of carbonyl (C=O) groups is 3. The highest BCUT2D eigenvalue weighted by atomic mass is 35.5. The molecule has 2 amide bonds. The van der Waals surface area contributed by atoms with Gasteiger partial charge in [0.1, 0.15) is 6.54 Å². The Balaban J connectivity index is 3.00. The molecule has 0 atom stereocenters. The smallest absolute Gasteiger partial charge is 0.323 e. The minimum atomic E-state index is -1.14. The Bertz CT molecular complexity index is 633. The fraction of sp³-hybridized carbons (Fsp3) is 0.471. The lowest BCUT2D eigenvalue weighted by atomic mass is 10.1. The molecule has 0 radical (unpaired) electrons. The molecule has 0 aliphatic heterocycles. The first kappa shape index (κ1) is 20.9. The van der Waals surface area contributed by atoms with Crippen LogP contribution in [0.2, 0.25) is 5.02 Å². The SMILES string of the molecule is COCCN(CC(=O)O)C(=O)c1cc(NC(=O)CC(C)C)ccc1Cl. The maximum Gasteiger partial charge on any atom is 0.323 e. The number of halogens is 1. The average Bonchev–Trinajstić information content (AvgIpc) is 2.51. The van der Waals surface area contributed by atoms with Crippen LogP contribution in [0.3, 0.4) is 0 Å². The van der Waals surface area contributed by atoms with Gasteiger partial charge >= 0.3 is 5.97 Å². The van der Waals surface area contributed by atoms with E-state index in [4.69, 9.17) is 21.4 Å². The lowest BCUT2D eigenvalue weighted by Gasteiger charge is -2.21. The molecule has 0 unspecified atom stereocenters. The molecule has 0 aliphatic rings. The molecule has 0 saturated heterocycles. The van der Waals surface area contributed by atoms with Gasteiger partial charge in [0.25, 0.3) is 5.91 Å². The molecule has 0 saturated carbocycles. The van der Waals surface area contributed by atoms with Crippen molar-refractivity contribution >= 4 is 35.1 Å². The third kappa shape index (κ3) is 7.11. The Kier molecular flexibility index (Phi) is 8.37. The van der Waals surface area contributed by atoms with Crippen molar-refractivity contribution in [3.05, 3.63) is 28.8 Å². The van der Waals surface area contributed by atoms with Gasteiger partial charge in [0, 0.05) is 25.8 Å². The summed E-state index contributed by atoms with van der Waals surface area (Å²) in [7, 11) is 1.46. The third-order valence-corrected chi connectivity index (χ3v) is 3.58. The summed E-state index contributed by atoms with van der Waals surface area (Å²) < 4.78 is 4.91. The maximum atomic E-state index is 12.6. The van der Waals surface area contributed by atoms with Gasteiger partial charge in [-0.3, -0.25) is 14.4 Å². The largest absolute Gasteiger partial charge is 0.480 e. The molecular formula is C17H23ClN2O5. The minimum absolute atomic E-state index is 0.113. The summed E-state index contributed by atoms with van der Waals surface area (Å²) in [6, 6.07) is 4.54. The zero-order valence-electron chi connectivity index (χ0n) is 14.5. The Labute approximate surface area is 151 Å². The molecule has 0 heterocycles. The number of nitrogens with one attached hydrogen (secondary N) is 1. The number of anilines is 1. The van der Waals surface area contributed by atoms with Crippen molar-refractivity contribution in [2.45, 2.75) is 20.3 Å². The van der Waals surface area contributed by atoms with Crippen LogP contribution in [0.5, 0.6) is 0 Å². The number of carboxylic acid groups (broad SMARTS) is 1. The molecule has 1 rings (SSSR count). The van der Waals surface area contributed by atoms with E-state index in [2.05, 4.69) is 5.32 Å². The lowest BCUT2D eigenvalue weighted by Crippen LogP contribution is -2.38. The van der Waals surface area contributed by atoms with E-state index >= 15 is 0 Å². The molecule has 2 N–H and O–H groups in total. The Morgan fingerprint density at radius 1 is 1.32 bits per heavy atom. The minimum Gasteiger partial charge on any atom is -0.480 e. The van der Waals surface area contributed by atoms with Gasteiger partial charge in [0.05, 0.1) is 17.2 Å². The van der Waals surface area contributed by atoms with Crippen molar-refractivity contribution in [1.82, 2.24) is 4.90 Å². The number of carbonyl (C=O) groups excluding carboxylic acids is 2. The van der Waals surface area contributed by atoms with E-state index in [0.717, 1.165) is 4.90 Å². The fourth-order valence-electron chi connectivity index (χ4n) is 2.14. The van der Waals surface area contributed by atoms with Crippen molar-refractivity contribution in [3.8, 4) is 0 Å². The van der Waals surface area contributed by atoms with E-state index in [0.29, 0.717) is 12.1 Å². The highest BCUT2D eigenvalue weighted by Crippen LogP contribution is 2.22. The van der Waals surface area contributed by atoms with Crippen molar-refractivity contribution in [3.63, 3.8) is 0 Å². The van der Waals surface area contributed by atoms with Crippen LogP contribution in [0.25, 0.3) is 0 Å². The van der Waals surface area contributed by atoms with E-state index in [1.807, 2.05) is 13.8 Å². The van der Waals surface area contributed by atoms with Crippen LogP contribution in [0.1, 0.15) is 30.6 Å². The fourth-order valence-corrected chi connectivity index (χ4v) is 2.34. The van der Waals surface area contributed by atoms with E-state index < -0.39 is 18.4 Å². The summed E-state index contributed by atoms with van der Waals surface area (Å²) in [5.41, 5.74) is 0.557. The van der Waals surface area contributed by atoms with E-state index in [1.165, 1.54) is 19.2 Å². The van der Waals surface area contributed by atoms with Crippen LogP contribution < -0.4 is 5.32 Å². The van der Waals surface area contributed by atoms with Gasteiger partial charge in [-0.15, -0.1) is 0 Å². The summed E-state index contributed by atoms with van der Waals surface area (Å²) in [6.45, 7) is 3.69. The van der Waals surface area contributed by atoms with Gasteiger partial charge < -0.3 is 20.1 Å². The van der Waals surface area contributed by atoms with Gasteiger partial charge in [-0.2, -0.15) is 0 Å². The van der Waals surface area contributed by atoms with Crippen molar-refractivity contribution < 1.29 is 24.2 Å². The number of rotatable bonds is 9. The molecular weight excluding hydrogens is 348 g/mol. The Hall–Kier alpha value is -2.12. The second-order valence-electron chi connectivity index (χ2n) is 5.95. The van der Waals surface area contributed by atoms with Crippen LogP contribution in [-0.4, -0.2) is 54.6 Å². The zero-order chi connectivity index (χ0) is 19.0. The van der Waals surface area contributed by atoms with Crippen LogP contribution in [0, 0.1) is 5.92 Å². The maximum absolute atomic E-state index is 12.6. The molecule has 8 heteroatoms. The number of nitrogens with zero attached hydrogens (tertiary/aromatic N) is 1. The van der Waals surface area contributed by atoms with Gasteiger partial charge in [0.15, 0.2) is 0 Å². The number of aliphatic carboxylic acids is 1. The predicted octanol–water partition coefficient (Wildman–Crippen LogP) is 2.50. The molecule has 1 aromatic rings. The van der Waals surface area contributed by atoms with E-state index in [1.54, 1.807) is 6.07 Å². The Morgan fingerprint density at radius 2 is 2.00 bits per heavy atom. The Morgan fingerprint density at radius 3 is 2.56 bits per heavy atom. The average molecular weight is 371 g/mol. The monoisotopic (exact) mass is 370 g/mol. The number of methoxy groups -OCH3 is 1. The number of carboxylic acids is 1. The molecule has 7 nitrogen and oxygen atoms in total. The van der Waals surface area contributed by atoms with Crippen LogP contribution in [0.4, 0.5) is 5.69 Å². The number of ether oxygens (including phenoxy) is 1. The standard InChI is InChI=1S/C17H23ClN2O5/c1-11(2)8-15(21)19-12-4-5-14(18)13(9-12)17(24)20(6-7-25-3)10-16(22)23/h4-5,9,11H,6-8,10H2,1-3H3,(H,19,21)(H,22,23). The van der Waals surface area contributed by atoms with Gasteiger partial charge in [-0.05, 0) is 24.1 Å². The van der Waals surface area contributed by atoms with Crippen LogP contribution in [0.15, 0.2) is 18.2 Å². The quantitative estimate of drug-likeness (QED) is 0.696. The first-order valence-electron chi connectivity index (χ1n) is 7.84. The number of hydrogen-bond donors (Lipinski definition) is 2. The number of amides is 2. The number of hydrogen-bond acceptors (Lipinski definition) is 4. The van der Waals surface area contributed by atoms with Gasteiger partial charge in [-0.1, -0.05) is 25.4 Å². The highest BCUT2D eigenvalue weighted by Gasteiger charge is 2.21. The predicted molar refractivity (Wildman–Crippen MR) is 95.0 cm³/mol. The molecule has 0 spiro atoms. The van der Waals surface area contributed by atoms with Gasteiger partial charge in [-0.25, -0.2) is 0 Å². The van der Waals surface area contributed by atoms with E-state index in [9.17, 15) is 14.4 Å². The summed E-state index contributed by atoms with van der Waals surface area (Å²) >= 11 is 6.09. The molecule has 25 heavy (non-hydrogen) atoms. The summed E-state index contributed by atoms with van der Waals surface area (Å²) in [4.78, 5) is 36.6. The summed E-state index contributed by atoms with van der Waals surface area (Å²) in [5, 5.41) is 11.9. The first-order valence-corrected chi connectivity index (χ1v) is 8.21. The normalized spacial score (nSPS) is 10.6. The summed E-state index contributed by atoms with van der Waals surface area (Å²) in [5.74, 6) is -1.64. The van der Waals surface area contributed by atoms with E-state index in [-0.39, 0.29) is 35.6 Å². The van der Waals surface area contributed by atoms with Gasteiger partial charge in [0.2, 0.25) is 5.91 Å². The second kappa shape index (κ2) is 10.0.